The molecule has 1 aromatic carbocycles. The highest BCUT2D eigenvalue weighted by molar-refractivity contribution is 8.13. The quantitative estimate of drug-likeness (QED) is 0.916. The number of nitrogens with zero attached hydrogens (tertiary/aromatic N) is 1. The molecule has 1 saturated heterocycles. The Morgan fingerprint density at radius 1 is 1.32 bits per heavy atom. The summed E-state index contributed by atoms with van der Waals surface area (Å²) in [6.07, 6.45) is 2.81. The number of amidine groups is 1. The van der Waals surface area contributed by atoms with Gasteiger partial charge in [0.2, 0.25) is 0 Å². The topological polar surface area (TPSA) is 24.4 Å². The van der Waals surface area contributed by atoms with Crippen molar-refractivity contribution in [2.24, 2.45) is 4.99 Å². The third kappa shape index (κ3) is 4.49. The predicted octanol–water partition coefficient (Wildman–Crippen LogP) is 3.37. The van der Waals surface area contributed by atoms with Gasteiger partial charge in [-0.3, -0.25) is 4.99 Å². The second-order valence-corrected chi connectivity index (χ2v) is 5.68. The minimum absolute atomic E-state index is 0.506. The minimum atomic E-state index is -0.529. The lowest BCUT2D eigenvalue weighted by atomic mass is 10.1. The summed E-state index contributed by atoms with van der Waals surface area (Å²) >= 11 is 1.71. The molecule has 0 amide bonds. The van der Waals surface area contributed by atoms with Crippen molar-refractivity contribution in [1.29, 1.82) is 0 Å². The fourth-order valence-corrected chi connectivity index (χ4v) is 3.05. The third-order valence-electron chi connectivity index (χ3n) is 3.10. The fourth-order valence-electron chi connectivity index (χ4n) is 2.03. The van der Waals surface area contributed by atoms with Crippen molar-refractivity contribution in [3.8, 4) is 0 Å². The summed E-state index contributed by atoms with van der Waals surface area (Å²) in [5.41, 5.74) is 0.648. The van der Waals surface area contributed by atoms with Gasteiger partial charge in [0.25, 0.3) is 0 Å². The molecular formula is C14H18F2N2S. The zero-order chi connectivity index (χ0) is 13.7. The first kappa shape index (κ1) is 14.3. The molecule has 104 valence electrons. The van der Waals surface area contributed by atoms with E-state index in [9.17, 15) is 8.78 Å². The predicted molar refractivity (Wildman–Crippen MR) is 76.7 cm³/mol. The van der Waals surface area contributed by atoms with Crippen LogP contribution in [0.3, 0.4) is 0 Å². The maximum absolute atomic E-state index is 13.0. The van der Waals surface area contributed by atoms with E-state index >= 15 is 0 Å². The Kier molecular flexibility index (Phi) is 5.19. The van der Waals surface area contributed by atoms with Gasteiger partial charge in [-0.1, -0.05) is 18.7 Å². The van der Waals surface area contributed by atoms with Gasteiger partial charge in [-0.2, -0.15) is 0 Å². The summed E-state index contributed by atoms with van der Waals surface area (Å²) in [4.78, 5) is 4.46. The Morgan fingerprint density at radius 2 is 2.05 bits per heavy atom. The van der Waals surface area contributed by atoms with Crippen LogP contribution in [-0.4, -0.2) is 23.5 Å². The molecule has 19 heavy (non-hydrogen) atoms. The van der Waals surface area contributed by atoms with Crippen molar-refractivity contribution >= 4 is 16.9 Å². The Labute approximate surface area is 116 Å². The van der Waals surface area contributed by atoms with Gasteiger partial charge in [0.1, 0.15) is 11.6 Å². The number of benzene rings is 1. The largest absolute Gasteiger partial charge is 0.362 e. The van der Waals surface area contributed by atoms with Crippen LogP contribution >= 0.6 is 11.8 Å². The zero-order valence-electron chi connectivity index (χ0n) is 11.0. The molecule has 0 bridgehead atoms. The molecule has 0 saturated carbocycles. The van der Waals surface area contributed by atoms with E-state index in [1.165, 1.54) is 12.1 Å². The highest BCUT2D eigenvalue weighted by atomic mass is 32.2. The van der Waals surface area contributed by atoms with Gasteiger partial charge < -0.3 is 5.32 Å². The highest BCUT2D eigenvalue weighted by Gasteiger charge is 2.15. The number of hydrogen-bond acceptors (Lipinski definition) is 2. The molecule has 0 radical (unpaired) electrons. The van der Waals surface area contributed by atoms with Crippen molar-refractivity contribution in [2.75, 3.05) is 12.3 Å². The second-order valence-electron chi connectivity index (χ2n) is 4.60. The van der Waals surface area contributed by atoms with Crippen molar-refractivity contribution in [3.63, 3.8) is 0 Å². The maximum atomic E-state index is 13.0. The summed E-state index contributed by atoms with van der Waals surface area (Å²) in [6.45, 7) is 2.70. The molecule has 0 spiro atoms. The molecule has 1 aromatic rings. The standard InChI is InChI=1S/C14H18F2N2S/c1-2-13-4-6-19-14(18-13)17-5-3-10-7-11(15)9-12(16)8-10/h7-9,13H,2-6H2,1H3,(H,17,18). The summed E-state index contributed by atoms with van der Waals surface area (Å²) < 4.78 is 26.0. The first-order valence-corrected chi connectivity index (χ1v) is 7.54. The van der Waals surface area contributed by atoms with Crippen molar-refractivity contribution in [2.45, 2.75) is 32.2 Å². The van der Waals surface area contributed by atoms with Crippen LogP contribution in [0.1, 0.15) is 25.3 Å². The molecule has 1 aliphatic heterocycles. The third-order valence-corrected chi connectivity index (χ3v) is 4.06. The molecule has 1 N–H and O–H groups in total. The molecule has 1 unspecified atom stereocenters. The van der Waals surface area contributed by atoms with Crippen LogP contribution in [0.15, 0.2) is 23.2 Å². The number of rotatable bonds is 4. The minimum Gasteiger partial charge on any atom is -0.362 e. The Bertz CT molecular complexity index is 443. The zero-order valence-corrected chi connectivity index (χ0v) is 11.8. The smallest absolute Gasteiger partial charge is 0.156 e. The van der Waals surface area contributed by atoms with Crippen molar-refractivity contribution < 1.29 is 8.78 Å². The summed E-state index contributed by atoms with van der Waals surface area (Å²) in [7, 11) is 0. The summed E-state index contributed by atoms with van der Waals surface area (Å²) in [5, 5.41) is 4.33. The lowest BCUT2D eigenvalue weighted by molar-refractivity contribution is 0.570. The number of hydrogen-bond donors (Lipinski definition) is 1. The lowest BCUT2D eigenvalue weighted by Gasteiger charge is -2.24. The van der Waals surface area contributed by atoms with Gasteiger partial charge in [0, 0.05) is 24.4 Å². The molecule has 0 aliphatic carbocycles. The van der Waals surface area contributed by atoms with Crippen LogP contribution in [0.2, 0.25) is 0 Å². The Hall–Kier alpha value is -1.10. The van der Waals surface area contributed by atoms with Gasteiger partial charge in [-0.05, 0) is 37.0 Å². The molecule has 1 aliphatic rings. The Balaban J connectivity index is 1.88. The number of nitrogens with one attached hydrogen (secondary N) is 1. The molecule has 2 nitrogen and oxygen atoms in total. The van der Waals surface area contributed by atoms with Crippen LogP contribution in [0.25, 0.3) is 0 Å². The SMILES string of the molecule is CCC1CCSC(=NCCc2cc(F)cc(F)c2)N1. The molecule has 1 atom stereocenters. The maximum Gasteiger partial charge on any atom is 0.156 e. The number of halogens is 2. The lowest BCUT2D eigenvalue weighted by Crippen LogP contribution is -2.37. The molecule has 1 heterocycles. The van der Waals surface area contributed by atoms with E-state index in [1.807, 2.05) is 0 Å². The van der Waals surface area contributed by atoms with E-state index < -0.39 is 11.6 Å². The van der Waals surface area contributed by atoms with E-state index in [-0.39, 0.29) is 0 Å². The van der Waals surface area contributed by atoms with Crippen LogP contribution in [0.4, 0.5) is 8.78 Å². The molecule has 5 heteroatoms. The Morgan fingerprint density at radius 3 is 2.74 bits per heavy atom. The van der Waals surface area contributed by atoms with E-state index in [0.29, 0.717) is 24.6 Å². The fraction of sp³-hybridized carbons (Fsp3) is 0.500. The van der Waals surface area contributed by atoms with Gasteiger partial charge in [-0.15, -0.1) is 0 Å². The number of thioether (sulfide) groups is 1. The van der Waals surface area contributed by atoms with Crippen LogP contribution in [-0.2, 0) is 6.42 Å². The second kappa shape index (κ2) is 6.89. The van der Waals surface area contributed by atoms with Crippen molar-refractivity contribution in [1.82, 2.24) is 5.32 Å². The molecule has 1 fully saturated rings. The van der Waals surface area contributed by atoms with Gasteiger partial charge in [0.05, 0.1) is 0 Å². The normalized spacial score (nSPS) is 21.4. The van der Waals surface area contributed by atoms with E-state index in [4.69, 9.17) is 0 Å². The monoisotopic (exact) mass is 284 g/mol. The average Bonchev–Trinajstić information content (AvgIpc) is 2.38. The first-order chi connectivity index (χ1) is 9.17. The van der Waals surface area contributed by atoms with Gasteiger partial charge >= 0.3 is 0 Å². The molecular weight excluding hydrogens is 266 g/mol. The van der Waals surface area contributed by atoms with Crippen LogP contribution in [0.5, 0.6) is 0 Å². The highest BCUT2D eigenvalue weighted by Crippen LogP contribution is 2.16. The van der Waals surface area contributed by atoms with Crippen LogP contribution in [0, 0.1) is 11.6 Å². The van der Waals surface area contributed by atoms with E-state index in [0.717, 1.165) is 29.8 Å². The van der Waals surface area contributed by atoms with E-state index in [1.54, 1.807) is 11.8 Å². The summed E-state index contributed by atoms with van der Waals surface area (Å²) in [6, 6.07) is 4.12. The first-order valence-electron chi connectivity index (χ1n) is 6.56. The van der Waals surface area contributed by atoms with Gasteiger partial charge in [0.15, 0.2) is 5.17 Å². The molecule has 0 aromatic heterocycles. The summed E-state index contributed by atoms with van der Waals surface area (Å²) in [5.74, 6) is 0.0246. The number of aliphatic imine (C=N–C) groups is 1. The van der Waals surface area contributed by atoms with Crippen LogP contribution < -0.4 is 5.32 Å². The molecule has 2 rings (SSSR count). The van der Waals surface area contributed by atoms with Crippen molar-refractivity contribution in [3.05, 3.63) is 35.4 Å². The average molecular weight is 284 g/mol. The van der Waals surface area contributed by atoms with E-state index in [2.05, 4.69) is 17.2 Å². The van der Waals surface area contributed by atoms with Gasteiger partial charge in [-0.25, -0.2) is 8.78 Å².